The molecule has 0 radical (unpaired) electrons. The molecule has 0 unspecified atom stereocenters. The highest BCUT2D eigenvalue weighted by Gasteiger charge is 2.19. The lowest BCUT2D eigenvalue weighted by atomic mass is 9.98. The lowest BCUT2D eigenvalue weighted by Gasteiger charge is -2.12. The van der Waals surface area contributed by atoms with Gasteiger partial charge in [0.25, 0.3) is 0 Å². The number of aromatic nitrogens is 4. The van der Waals surface area contributed by atoms with Gasteiger partial charge in [-0.2, -0.15) is 0 Å². The van der Waals surface area contributed by atoms with Crippen molar-refractivity contribution in [3.63, 3.8) is 0 Å². The molecule has 5 nitrogen and oxygen atoms in total. The zero-order valence-electron chi connectivity index (χ0n) is 27.2. The maximum atomic E-state index is 6.44. The first-order chi connectivity index (χ1) is 25.2. The van der Waals surface area contributed by atoms with Gasteiger partial charge in [-0.15, -0.1) is 0 Å². The third-order valence-electron chi connectivity index (χ3n) is 10.1. The van der Waals surface area contributed by atoms with E-state index in [1.54, 1.807) is 0 Å². The number of benzene rings is 8. The molecule has 236 valence electrons. The van der Waals surface area contributed by atoms with Gasteiger partial charge in [-0.05, 0) is 68.0 Å². The molecule has 0 atom stereocenters. The van der Waals surface area contributed by atoms with E-state index < -0.39 is 0 Å². The fourth-order valence-electron chi connectivity index (χ4n) is 7.69. The van der Waals surface area contributed by atoms with E-state index in [-0.39, 0.29) is 0 Å². The maximum absolute atomic E-state index is 6.44. The van der Waals surface area contributed by atoms with Crippen molar-refractivity contribution in [1.82, 2.24) is 19.9 Å². The van der Waals surface area contributed by atoms with Crippen molar-refractivity contribution in [2.75, 3.05) is 0 Å². The standard InChI is InChI=1S/C46H26N4O/c1-2-10-30-26-41-39(25-29(30)9-1)42-38(15-6-16-40(42)51-41)46-49-44(48-45(50-46)37-14-5-11-27-8-3-4-13-33(27)37)32-19-20-34-31(24-32)18-22-36-35(34)21-17-28-12-7-23-47-43(28)36/h1-26H. The molecule has 0 spiro atoms. The Kier molecular flexibility index (Phi) is 5.89. The second-order valence-electron chi connectivity index (χ2n) is 13.0. The largest absolute Gasteiger partial charge is 0.456 e. The SMILES string of the molecule is c1ccc2cc3c(cc2c1)oc1cccc(-c2nc(-c4ccc5c(ccc6c5ccc5cccnc56)c4)nc(-c4cccc5ccccc45)n2)c13. The number of pyridine rings is 1. The Hall–Kier alpha value is -6.98. The summed E-state index contributed by atoms with van der Waals surface area (Å²) in [5, 5.41) is 12.3. The highest BCUT2D eigenvalue weighted by molar-refractivity contribution is 6.17. The summed E-state index contributed by atoms with van der Waals surface area (Å²) in [7, 11) is 0. The molecule has 5 heteroatoms. The smallest absolute Gasteiger partial charge is 0.164 e. The fraction of sp³-hybridized carbons (Fsp3) is 0. The summed E-state index contributed by atoms with van der Waals surface area (Å²) in [6, 6.07) is 52.7. The van der Waals surface area contributed by atoms with Gasteiger partial charge in [-0.25, -0.2) is 15.0 Å². The monoisotopic (exact) mass is 650 g/mol. The highest BCUT2D eigenvalue weighted by atomic mass is 16.3. The number of furan rings is 1. The van der Waals surface area contributed by atoms with Gasteiger partial charge >= 0.3 is 0 Å². The molecule has 51 heavy (non-hydrogen) atoms. The zero-order valence-corrected chi connectivity index (χ0v) is 27.2. The van der Waals surface area contributed by atoms with Crippen LogP contribution in [0.4, 0.5) is 0 Å². The first-order valence-corrected chi connectivity index (χ1v) is 17.0. The van der Waals surface area contributed by atoms with Crippen molar-refractivity contribution in [2.45, 2.75) is 0 Å². The number of fused-ring (bicyclic) bond motifs is 10. The minimum atomic E-state index is 0.598. The Labute approximate surface area is 291 Å². The van der Waals surface area contributed by atoms with Crippen LogP contribution < -0.4 is 0 Å². The summed E-state index contributed by atoms with van der Waals surface area (Å²) in [6.07, 6.45) is 1.86. The normalized spacial score (nSPS) is 11.9. The van der Waals surface area contributed by atoms with Crippen molar-refractivity contribution in [3.8, 4) is 34.2 Å². The van der Waals surface area contributed by atoms with Gasteiger partial charge < -0.3 is 4.42 Å². The molecule has 8 aromatic carbocycles. The highest BCUT2D eigenvalue weighted by Crippen LogP contribution is 2.39. The fourth-order valence-corrected chi connectivity index (χ4v) is 7.69. The summed E-state index contributed by atoms with van der Waals surface area (Å²) in [5.41, 5.74) is 5.42. The lowest BCUT2D eigenvalue weighted by molar-refractivity contribution is 0.669. The van der Waals surface area contributed by atoms with Gasteiger partial charge in [0.1, 0.15) is 11.2 Å². The van der Waals surface area contributed by atoms with Crippen LogP contribution in [-0.4, -0.2) is 19.9 Å². The first-order valence-electron chi connectivity index (χ1n) is 17.0. The molecule has 0 bridgehead atoms. The average Bonchev–Trinajstić information content (AvgIpc) is 3.56. The van der Waals surface area contributed by atoms with Gasteiger partial charge in [-0.3, -0.25) is 4.98 Å². The van der Waals surface area contributed by atoms with Crippen LogP contribution in [0.3, 0.4) is 0 Å². The van der Waals surface area contributed by atoms with Crippen molar-refractivity contribution < 1.29 is 4.42 Å². The lowest BCUT2D eigenvalue weighted by Crippen LogP contribution is -2.01. The van der Waals surface area contributed by atoms with Gasteiger partial charge in [0.15, 0.2) is 17.5 Å². The van der Waals surface area contributed by atoms with Crippen LogP contribution >= 0.6 is 0 Å². The van der Waals surface area contributed by atoms with Crippen LogP contribution in [0.15, 0.2) is 162 Å². The van der Waals surface area contributed by atoms with E-state index in [0.29, 0.717) is 17.5 Å². The van der Waals surface area contributed by atoms with E-state index in [0.717, 1.165) is 87.2 Å². The van der Waals surface area contributed by atoms with Crippen LogP contribution in [0.25, 0.3) is 110 Å². The summed E-state index contributed by atoms with van der Waals surface area (Å²) in [6.45, 7) is 0. The van der Waals surface area contributed by atoms with E-state index in [1.165, 1.54) is 5.39 Å². The van der Waals surface area contributed by atoms with Crippen molar-refractivity contribution in [1.29, 1.82) is 0 Å². The van der Waals surface area contributed by atoms with E-state index in [2.05, 4.69) is 133 Å². The molecule has 0 aliphatic rings. The third-order valence-corrected chi connectivity index (χ3v) is 10.1. The Bertz CT molecular complexity index is 3210. The van der Waals surface area contributed by atoms with Gasteiger partial charge in [0.05, 0.1) is 5.52 Å². The Morgan fingerprint density at radius 1 is 0.373 bits per heavy atom. The molecule has 0 amide bonds. The molecular formula is C46H26N4O. The predicted octanol–water partition coefficient (Wildman–Crippen LogP) is 11.9. The van der Waals surface area contributed by atoms with Crippen LogP contribution in [0.2, 0.25) is 0 Å². The Morgan fingerprint density at radius 2 is 1.06 bits per heavy atom. The molecule has 3 aromatic heterocycles. The second-order valence-corrected chi connectivity index (χ2v) is 13.0. The van der Waals surface area contributed by atoms with Crippen molar-refractivity contribution in [3.05, 3.63) is 158 Å². The summed E-state index contributed by atoms with van der Waals surface area (Å²) in [5.74, 6) is 1.83. The summed E-state index contributed by atoms with van der Waals surface area (Å²) in [4.78, 5) is 20.3. The first kappa shape index (κ1) is 27.9. The molecule has 0 N–H and O–H groups in total. The van der Waals surface area contributed by atoms with E-state index in [1.807, 2.05) is 24.4 Å². The topological polar surface area (TPSA) is 64.7 Å². The molecule has 3 heterocycles. The quantitative estimate of drug-likeness (QED) is 0.178. The van der Waals surface area contributed by atoms with E-state index >= 15 is 0 Å². The molecule has 0 saturated carbocycles. The molecule has 0 fully saturated rings. The minimum Gasteiger partial charge on any atom is -0.456 e. The predicted molar refractivity (Wildman–Crippen MR) is 209 cm³/mol. The van der Waals surface area contributed by atoms with Crippen LogP contribution in [0.1, 0.15) is 0 Å². The van der Waals surface area contributed by atoms with Gasteiger partial charge in [0, 0.05) is 44.4 Å². The zero-order chi connectivity index (χ0) is 33.5. The van der Waals surface area contributed by atoms with Crippen molar-refractivity contribution in [2.24, 2.45) is 0 Å². The van der Waals surface area contributed by atoms with E-state index in [9.17, 15) is 0 Å². The van der Waals surface area contributed by atoms with Crippen LogP contribution in [-0.2, 0) is 0 Å². The summed E-state index contributed by atoms with van der Waals surface area (Å²) >= 11 is 0. The molecule has 0 aliphatic carbocycles. The van der Waals surface area contributed by atoms with Crippen LogP contribution in [0.5, 0.6) is 0 Å². The molecular weight excluding hydrogens is 625 g/mol. The number of hydrogen-bond acceptors (Lipinski definition) is 5. The van der Waals surface area contributed by atoms with Gasteiger partial charge in [0.2, 0.25) is 0 Å². The average molecular weight is 651 g/mol. The van der Waals surface area contributed by atoms with Crippen molar-refractivity contribution >= 4 is 75.9 Å². The molecule has 0 aliphatic heterocycles. The number of nitrogens with zero attached hydrogens (tertiary/aromatic N) is 4. The Morgan fingerprint density at radius 3 is 1.98 bits per heavy atom. The van der Waals surface area contributed by atoms with Crippen LogP contribution in [0, 0.1) is 0 Å². The molecule has 11 aromatic rings. The van der Waals surface area contributed by atoms with E-state index in [4.69, 9.17) is 24.4 Å². The Balaban J connectivity index is 1.16. The maximum Gasteiger partial charge on any atom is 0.164 e. The molecule has 11 rings (SSSR count). The molecule has 0 saturated heterocycles. The number of hydrogen-bond donors (Lipinski definition) is 0. The number of rotatable bonds is 3. The second kappa shape index (κ2) is 10.8. The summed E-state index contributed by atoms with van der Waals surface area (Å²) < 4.78 is 6.44. The van der Waals surface area contributed by atoms with Gasteiger partial charge in [-0.1, -0.05) is 121 Å². The minimum absolute atomic E-state index is 0.598. The third kappa shape index (κ3) is 4.35.